The van der Waals surface area contributed by atoms with E-state index in [-0.39, 0.29) is 5.54 Å². The fraction of sp³-hybridized carbons (Fsp3) is 0.700. The van der Waals surface area contributed by atoms with Crippen molar-refractivity contribution < 1.29 is 0 Å². The molecule has 0 aliphatic heterocycles. The highest BCUT2D eigenvalue weighted by molar-refractivity contribution is 5.25. The number of hydrogen-bond acceptors (Lipinski definition) is 1. The van der Waals surface area contributed by atoms with Crippen LogP contribution >= 0.6 is 0 Å². The van der Waals surface area contributed by atoms with E-state index in [1.165, 1.54) is 11.1 Å². The molecule has 0 aliphatic carbocycles. The molecule has 0 spiro atoms. The summed E-state index contributed by atoms with van der Waals surface area (Å²) in [4.78, 5) is 0. The topological polar surface area (TPSA) is 12.0 Å². The summed E-state index contributed by atoms with van der Waals surface area (Å²) in [5.74, 6) is 1.25. The van der Waals surface area contributed by atoms with Crippen molar-refractivity contribution in [2.24, 2.45) is 11.3 Å². The molecule has 0 aromatic heterocycles. The minimum absolute atomic E-state index is 0.186. The predicted octanol–water partition coefficient (Wildman–Crippen LogP) is 5.40. The van der Waals surface area contributed by atoms with Gasteiger partial charge >= 0.3 is 0 Å². The Balaban J connectivity index is 2.77. The maximum atomic E-state index is 3.68. The molecule has 21 heavy (non-hydrogen) atoms. The van der Waals surface area contributed by atoms with Crippen LogP contribution in [0.4, 0.5) is 0 Å². The van der Waals surface area contributed by atoms with E-state index in [1.54, 1.807) is 0 Å². The van der Waals surface area contributed by atoms with E-state index >= 15 is 0 Å². The van der Waals surface area contributed by atoms with Crippen molar-refractivity contribution in [1.82, 2.24) is 5.32 Å². The van der Waals surface area contributed by atoms with E-state index in [0.29, 0.717) is 17.3 Å². The van der Waals surface area contributed by atoms with Crippen LogP contribution in [-0.4, -0.2) is 12.1 Å². The van der Waals surface area contributed by atoms with Gasteiger partial charge in [0, 0.05) is 5.54 Å². The van der Waals surface area contributed by atoms with Gasteiger partial charge in [0.15, 0.2) is 0 Å². The molecule has 1 aromatic carbocycles. The van der Waals surface area contributed by atoms with E-state index in [1.807, 2.05) is 0 Å². The van der Waals surface area contributed by atoms with Crippen molar-refractivity contribution in [2.45, 2.75) is 73.3 Å². The highest BCUT2D eigenvalue weighted by atomic mass is 14.9. The monoisotopic (exact) mass is 289 g/mol. The molecule has 1 N–H and O–H groups in total. The molecule has 0 saturated carbocycles. The van der Waals surface area contributed by atoms with Gasteiger partial charge in [-0.15, -0.1) is 0 Å². The zero-order valence-electron chi connectivity index (χ0n) is 15.4. The molecule has 0 radical (unpaired) electrons. The number of hydrogen-bond donors (Lipinski definition) is 1. The highest BCUT2D eigenvalue weighted by Gasteiger charge is 2.26. The Hall–Kier alpha value is -0.820. The zero-order valence-corrected chi connectivity index (χ0v) is 15.4. The molecule has 1 aromatic rings. The average Bonchev–Trinajstić information content (AvgIpc) is 2.32. The summed E-state index contributed by atoms with van der Waals surface area (Å²) in [6.07, 6.45) is 1.14. The Morgan fingerprint density at radius 3 is 1.81 bits per heavy atom. The SMILES string of the molecule is CC(C)c1ccc(CC(CNC(C)(C)C)C(C)(C)C)cc1. The first kappa shape index (κ1) is 18.2. The van der Waals surface area contributed by atoms with Crippen LogP contribution in [0.1, 0.15) is 72.4 Å². The quantitative estimate of drug-likeness (QED) is 0.765. The van der Waals surface area contributed by atoms with Gasteiger partial charge in [0.2, 0.25) is 0 Å². The lowest BCUT2D eigenvalue weighted by molar-refractivity contribution is 0.214. The van der Waals surface area contributed by atoms with E-state index in [0.717, 1.165) is 13.0 Å². The van der Waals surface area contributed by atoms with Crippen LogP contribution in [0.3, 0.4) is 0 Å². The minimum atomic E-state index is 0.186. The van der Waals surface area contributed by atoms with Gasteiger partial charge in [-0.3, -0.25) is 0 Å². The maximum Gasteiger partial charge on any atom is 0.00966 e. The summed E-state index contributed by atoms with van der Waals surface area (Å²) >= 11 is 0. The number of rotatable bonds is 5. The van der Waals surface area contributed by atoms with Crippen LogP contribution in [0.25, 0.3) is 0 Å². The summed E-state index contributed by atoms with van der Waals surface area (Å²) in [5, 5.41) is 3.68. The summed E-state index contributed by atoms with van der Waals surface area (Å²) in [6.45, 7) is 19.3. The third kappa shape index (κ3) is 6.65. The van der Waals surface area contributed by atoms with E-state index < -0.39 is 0 Å². The normalized spacial score (nSPS) is 14.5. The van der Waals surface area contributed by atoms with Crippen molar-refractivity contribution >= 4 is 0 Å². The highest BCUT2D eigenvalue weighted by Crippen LogP contribution is 2.29. The molecule has 1 nitrogen and oxygen atoms in total. The number of nitrogens with one attached hydrogen (secondary N) is 1. The summed E-state index contributed by atoms with van der Waals surface area (Å²) in [6, 6.07) is 9.20. The van der Waals surface area contributed by atoms with Crippen molar-refractivity contribution in [3.63, 3.8) is 0 Å². The van der Waals surface area contributed by atoms with Gasteiger partial charge in [0.05, 0.1) is 0 Å². The van der Waals surface area contributed by atoms with Gasteiger partial charge in [-0.05, 0) is 62.1 Å². The molecule has 0 bridgehead atoms. The first-order chi connectivity index (χ1) is 9.49. The Labute approximate surface area is 132 Å². The van der Waals surface area contributed by atoms with Gasteiger partial charge in [0.1, 0.15) is 0 Å². The van der Waals surface area contributed by atoms with Crippen LogP contribution in [0.15, 0.2) is 24.3 Å². The lowest BCUT2D eigenvalue weighted by Crippen LogP contribution is -2.42. The Bertz CT molecular complexity index is 415. The molecule has 0 amide bonds. The molecule has 1 heteroatoms. The Morgan fingerprint density at radius 1 is 0.905 bits per heavy atom. The second-order valence-electron chi connectivity index (χ2n) is 8.79. The zero-order chi connectivity index (χ0) is 16.3. The standard InChI is InChI=1S/C20H35N/c1-15(2)17-11-9-16(10-12-17)13-18(19(3,4)5)14-21-20(6,7)8/h9-12,15,18,21H,13-14H2,1-8H3. The molecule has 0 fully saturated rings. The lowest BCUT2D eigenvalue weighted by atomic mass is 9.76. The van der Waals surface area contributed by atoms with Gasteiger partial charge in [0.25, 0.3) is 0 Å². The Kier molecular flexibility index (Phi) is 6.04. The van der Waals surface area contributed by atoms with E-state index in [4.69, 9.17) is 0 Å². The summed E-state index contributed by atoms with van der Waals surface area (Å²) < 4.78 is 0. The molecule has 1 rings (SSSR count). The van der Waals surface area contributed by atoms with Gasteiger partial charge < -0.3 is 5.32 Å². The molecule has 0 heterocycles. The van der Waals surface area contributed by atoms with E-state index in [2.05, 4.69) is 85.0 Å². The summed E-state index contributed by atoms with van der Waals surface area (Å²) in [7, 11) is 0. The number of benzene rings is 1. The van der Waals surface area contributed by atoms with Crippen molar-refractivity contribution in [1.29, 1.82) is 0 Å². The third-order valence-electron chi connectivity index (χ3n) is 4.23. The molecular weight excluding hydrogens is 254 g/mol. The van der Waals surface area contributed by atoms with Gasteiger partial charge in [-0.2, -0.15) is 0 Å². The van der Waals surface area contributed by atoms with E-state index in [9.17, 15) is 0 Å². The molecular formula is C20H35N. The third-order valence-corrected chi connectivity index (χ3v) is 4.23. The Morgan fingerprint density at radius 2 is 1.43 bits per heavy atom. The van der Waals surface area contributed by atoms with Gasteiger partial charge in [-0.1, -0.05) is 58.9 Å². The molecule has 120 valence electrons. The van der Waals surface area contributed by atoms with Crippen molar-refractivity contribution in [2.75, 3.05) is 6.54 Å². The fourth-order valence-corrected chi connectivity index (χ4v) is 2.44. The first-order valence-corrected chi connectivity index (χ1v) is 8.33. The molecule has 0 aliphatic rings. The van der Waals surface area contributed by atoms with Crippen molar-refractivity contribution in [3.05, 3.63) is 35.4 Å². The van der Waals surface area contributed by atoms with Crippen LogP contribution in [0.5, 0.6) is 0 Å². The van der Waals surface area contributed by atoms with Crippen LogP contribution < -0.4 is 5.32 Å². The summed E-state index contributed by atoms with van der Waals surface area (Å²) in [5.41, 5.74) is 3.38. The first-order valence-electron chi connectivity index (χ1n) is 8.33. The van der Waals surface area contributed by atoms with Gasteiger partial charge in [-0.25, -0.2) is 0 Å². The second-order valence-corrected chi connectivity index (χ2v) is 8.79. The lowest BCUT2D eigenvalue weighted by Gasteiger charge is -2.34. The second kappa shape index (κ2) is 6.96. The van der Waals surface area contributed by atoms with Crippen molar-refractivity contribution in [3.8, 4) is 0 Å². The van der Waals surface area contributed by atoms with Crippen LogP contribution in [-0.2, 0) is 6.42 Å². The average molecular weight is 290 g/mol. The molecule has 0 saturated heterocycles. The minimum Gasteiger partial charge on any atom is -0.312 e. The largest absolute Gasteiger partial charge is 0.312 e. The van der Waals surface area contributed by atoms with Crippen LogP contribution in [0, 0.1) is 11.3 Å². The smallest absolute Gasteiger partial charge is 0.00966 e. The fourth-order valence-electron chi connectivity index (χ4n) is 2.44. The van der Waals surface area contributed by atoms with Crippen LogP contribution in [0.2, 0.25) is 0 Å². The molecule has 1 atom stereocenters. The molecule has 1 unspecified atom stereocenters. The predicted molar refractivity (Wildman–Crippen MR) is 94.9 cm³/mol. The maximum absolute atomic E-state index is 3.68.